The summed E-state index contributed by atoms with van der Waals surface area (Å²) >= 11 is 19.1. The highest BCUT2D eigenvalue weighted by molar-refractivity contribution is 9.10. The van der Waals surface area contributed by atoms with Gasteiger partial charge in [-0.05, 0) is 151 Å². The highest BCUT2D eigenvalue weighted by Crippen LogP contribution is 2.30. The van der Waals surface area contributed by atoms with E-state index in [1.807, 2.05) is 135 Å². The van der Waals surface area contributed by atoms with Gasteiger partial charge in [0.1, 0.15) is 35.9 Å². The number of rotatable bonds is 15. The second-order valence-electron chi connectivity index (χ2n) is 19.4. The number of halogens is 4. The number of carbonyl (C=O) groups is 2. The van der Waals surface area contributed by atoms with Crippen LogP contribution < -0.4 is 14.8 Å². The number of nitrogens with one attached hydrogen (secondary N) is 1. The van der Waals surface area contributed by atoms with Crippen LogP contribution >= 0.6 is 55.1 Å². The number of benzene rings is 4. The molecule has 0 spiro atoms. The van der Waals surface area contributed by atoms with Gasteiger partial charge in [-0.15, -0.1) is 0 Å². The molecule has 0 saturated carbocycles. The highest BCUT2D eigenvalue weighted by atomic mass is 79.9. The molecule has 14 heteroatoms. The normalized spacial score (nSPS) is 15.9. The molecule has 2 heterocycles. The lowest BCUT2D eigenvalue weighted by molar-refractivity contribution is 0.0274. The third-order valence-corrected chi connectivity index (χ3v) is 12.3. The summed E-state index contributed by atoms with van der Waals surface area (Å²) in [6.45, 7) is 27.4. The van der Waals surface area contributed by atoms with E-state index in [9.17, 15) is 9.59 Å². The van der Waals surface area contributed by atoms with Crippen LogP contribution in [0.25, 0.3) is 0 Å². The maximum Gasteiger partial charge on any atom is 0.410 e. The Morgan fingerprint density at radius 2 is 1.09 bits per heavy atom. The Morgan fingerprint density at radius 3 is 1.51 bits per heavy atom. The summed E-state index contributed by atoms with van der Waals surface area (Å²) in [4.78, 5) is 30.7. The number of hydrogen-bond donors (Lipinski definition) is 1. The van der Waals surface area contributed by atoms with Gasteiger partial charge in [-0.3, -0.25) is 9.80 Å². The fourth-order valence-electron chi connectivity index (χ4n) is 7.36. The van der Waals surface area contributed by atoms with Crippen LogP contribution in [0.4, 0.5) is 9.59 Å². The third-order valence-electron chi connectivity index (χ3n) is 10.9. The zero-order chi connectivity index (χ0) is 51.1. The molecule has 382 valence electrons. The standard InChI is InChI=1S/C25H32BrClN2O3.C24H30BrClN2O3.C4H10.C2H6/c1-25(2,3)32-24(30)28(4)14-19-11-12-29(15-19)16-20-13-21(26)7-10-23(20)31-17-18-5-8-22(27)9-6-18;1-24(2,3)31-23(29)27-13-18-10-11-28(14-18)15-19-12-20(25)6-9-22(19)30-16-17-4-7-21(26)8-5-17;1-3-4-2;1-2/h5-10,13,19H,11-12,14-17H2,1-4H3;4-9,12,18H,10-11,13-16H2,1-3H3,(H,27,29);3-4H2,1-2H3;1-2H3. The van der Waals surface area contributed by atoms with Crippen molar-refractivity contribution < 1.29 is 28.5 Å². The van der Waals surface area contributed by atoms with Crippen molar-refractivity contribution in [1.82, 2.24) is 20.0 Å². The van der Waals surface area contributed by atoms with Crippen LogP contribution in [-0.2, 0) is 35.8 Å². The van der Waals surface area contributed by atoms with Crippen LogP contribution in [0.5, 0.6) is 11.5 Å². The van der Waals surface area contributed by atoms with Crippen molar-refractivity contribution in [3.63, 3.8) is 0 Å². The maximum absolute atomic E-state index is 12.3. The summed E-state index contributed by atoms with van der Waals surface area (Å²) in [6.07, 6.45) is 4.13. The Kier molecular flexibility index (Phi) is 26.3. The lowest BCUT2D eigenvalue weighted by atomic mass is 10.1. The molecule has 69 heavy (non-hydrogen) atoms. The molecule has 4 aromatic rings. The second-order valence-corrected chi connectivity index (χ2v) is 22.1. The first-order valence-electron chi connectivity index (χ1n) is 24.4. The van der Waals surface area contributed by atoms with Gasteiger partial charge in [-0.2, -0.15) is 0 Å². The molecule has 2 aliphatic rings. The van der Waals surface area contributed by atoms with Gasteiger partial charge in [0.15, 0.2) is 0 Å². The van der Waals surface area contributed by atoms with Crippen molar-refractivity contribution in [3.05, 3.63) is 126 Å². The van der Waals surface area contributed by atoms with E-state index in [0.717, 1.165) is 105 Å². The first-order chi connectivity index (χ1) is 32.7. The molecule has 2 saturated heterocycles. The molecule has 2 aliphatic heterocycles. The lowest BCUT2D eigenvalue weighted by Gasteiger charge is -2.26. The lowest BCUT2D eigenvalue weighted by Crippen LogP contribution is -2.37. The van der Waals surface area contributed by atoms with E-state index in [1.165, 1.54) is 12.8 Å². The Balaban J connectivity index is 0.000000328. The Hall–Kier alpha value is -3.52. The number of carbonyl (C=O) groups excluding carboxylic acids is 2. The van der Waals surface area contributed by atoms with Crippen molar-refractivity contribution in [2.75, 3.05) is 46.3 Å². The van der Waals surface area contributed by atoms with Gasteiger partial charge in [0.05, 0.1) is 0 Å². The van der Waals surface area contributed by atoms with Crippen molar-refractivity contribution in [2.24, 2.45) is 11.8 Å². The van der Waals surface area contributed by atoms with Gasteiger partial charge in [0, 0.05) is 76.4 Å². The van der Waals surface area contributed by atoms with Gasteiger partial charge < -0.3 is 29.2 Å². The van der Waals surface area contributed by atoms with Crippen LogP contribution in [0, 0.1) is 11.8 Å². The first-order valence-corrected chi connectivity index (χ1v) is 26.7. The van der Waals surface area contributed by atoms with Crippen LogP contribution in [0.15, 0.2) is 93.9 Å². The Bertz CT molecular complexity index is 2130. The number of likely N-dealkylation sites (tertiary alicyclic amines) is 2. The minimum atomic E-state index is -0.477. The fraction of sp³-hybridized carbons (Fsp3) is 0.527. The molecule has 1 N–H and O–H groups in total. The molecule has 6 rings (SSSR count). The van der Waals surface area contributed by atoms with Gasteiger partial charge >= 0.3 is 12.2 Å². The Labute approximate surface area is 441 Å². The van der Waals surface area contributed by atoms with Crippen LogP contribution in [-0.4, -0.2) is 84.4 Å². The topological polar surface area (TPSA) is 92.8 Å². The number of nitrogens with zero attached hydrogens (tertiary/aromatic N) is 3. The van der Waals surface area contributed by atoms with Crippen molar-refractivity contribution in [2.45, 2.75) is 132 Å². The van der Waals surface area contributed by atoms with E-state index in [0.29, 0.717) is 38.1 Å². The molecule has 4 aromatic carbocycles. The van der Waals surface area contributed by atoms with Gasteiger partial charge in [0.25, 0.3) is 0 Å². The minimum Gasteiger partial charge on any atom is -0.489 e. The predicted molar refractivity (Wildman–Crippen MR) is 292 cm³/mol. The molecule has 0 aromatic heterocycles. The molecule has 2 fully saturated rings. The summed E-state index contributed by atoms with van der Waals surface area (Å²) in [5, 5.41) is 4.34. The predicted octanol–water partition coefficient (Wildman–Crippen LogP) is 15.2. The van der Waals surface area contributed by atoms with E-state index >= 15 is 0 Å². The highest BCUT2D eigenvalue weighted by Gasteiger charge is 2.28. The van der Waals surface area contributed by atoms with E-state index in [1.54, 1.807) is 4.90 Å². The van der Waals surface area contributed by atoms with Crippen LogP contribution in [0.1, 0.15) is 117 Å². The number of ether oxygens (including phenoxy) is 4. The molecule has 10 nitrogen and oxygen atoms in total. The van der Waals surface area contributed by atoms with Crippen LogP contribution in [0.2, 0.25) is 10.0 Å². The van der Waals surface area contributed by atoms with Crippen LogP contribution in [0.3, 0.4) is 0 Å². The van der Waals surface area contributed by atoms with E-state index < -0.39 is 11.2 Å². The van der Waals surface area contributed by atoms with E-state index in [2.05, 4.69) is 73.0 Å². The van der Waals surface area contributed by atoms with Gasteiger partial charge in [0.2, 0.25) is 0 Å². The largest absolute Gasteiger partial charge is 0.489 e. The second kappa shape index (κ2) is 30.4. The third kappa shape index (κ3) is 24.0. The van der Waals surface area contributed by atoms with Crippen molar-refractivity contribution in [1.29, 1.82) is 0 Å². The number of hydrogen-bond acceptors (Lipinski definition) is 8. The fourth-order valence-corrected chi connectivity index (χ4v) is 8.43. The molecule has 2 unspecified atom stereocenters. The van der Waals surface area contributed by atoms with Gasteiger partial charge in [-0.1, -0.05) is 120 Å². The minimum absolute atomic E-state index is 0.263. The van der Waals surface area contributed by atoms with Crippen molar-refractivity contribution >= 4 is 67.2 Å². The van der Waals surface area contributed by atoms with E-state index in [-0.39, 0.29) is 12.2 Å². The summed E-state index contributed by atoms with van der Waals surface area (Å²) in [6, 6.07) is 27.7. The van der Waals surface area contributed by atoms with Crippen molar-refractivity contribution in [3.8, 4) is 11.5 Å². The Morgan fingerprint density at radius 1 is 0.667 bits per heavy atom. The number of amides is 2. The zero-order valence-electron chi connectivity index (χ0n) is 42.9. The molecule has 0 bridgehead atoms. The van der Waals surface area contributed by atoms with Gasteiger partial charge in [-0.25, -0.2) is 9.59 Å². The molecule has 2 amide bonds. The molecule has 0 radical (unpaired) electrons. The number of alkyl carbamates (subject to hydrolysis) is 1. The monoisotopic (exact) mass is 1120 g/mol. The summed E-state index contributed by atoms with van der Waals surface area (Å²) < 4.78 is 25.1. The molecular weight excluding hydrogens is 1040 g/mol. The quantitative estimate of drug-likeness (QED) is 0.126. The first kappa shape index (κ1) is 59.8. The molecule has 2 atom stereocenters. The molecule has 0 aliphatic carbocycles. The average Bonchev–Trinajstić information content (AvgIpc) is 3.94. The SMILES string of the molecule is CC.CC(C)(C)OC(=O)NCC1CCN(Cc2cc(Br)ccc2OCc2ccc(Cl)cc2)C1.CCCC.CN(CC1CCN(Cc2cc(Br)ccc2OCc2ccc(Cl)cc2)C1)C(=O)OC(C)(C)C. The zero-order valence-corrected chi connectivity index (χ0v) is 47.6. The smallest absolute Gasteiger partial charge is 0.410 e. The molecular formula is C55H78Br2Cl2N4O6. The number of unbranched alkanes of at least 4 members (excludes halogenated alkanes) is 1. The summed E-state index contributed by atoms with van der Waals surface area (Å²) in [5.74, 6) is 2.61. The summed E-state index contributed by atoms with van der Waals surface area (Å²) in [5.41, 5.74) is 3.49. The average molecular weight is 1120 g/mol. The maximum atomic E-state index is 12.3. The van der Waals surface area contributed by atoms with E-state index in [4.69, 9.17) is 42.1 Å². The summed E-state index contributed by atoms with van der Waals surface area (Å²) in [7, 11) is 1.81.